The quantitative estimate of drug-likeness (QED) is 0.817. The fourth-order valence-corrected chi connectivity index (χ4v) is 2.92. The van der Waals surface area contributed by atoms with Crippen molar-refractivity contribution in [3.63, 3.8) is 0 Å². The molecule has 2 heterocycles. The third-order valence-corrected chi connectivity index (χ3v) is 3.81. The lowest BCUT2D eigenvalue weighted by Gasteiger charge is -2.27. The molecule has 0 unspecified atom stereocenters. The fourth-order valence-electron chi connectivity index (χ4n) is 2.92. The maximum absolute atomic E-state index is 3.46. The van der Waals surface area contributed by atoms with Crippen molar-refractivity contribution in [2.75, 3.05) is 25.0 Å². The van der Waals surface area contributed by atoms with Crippen molar-refractivity contribution in [2.45, 2.75) is 32.2 Å². The number of rotatable bonds is 2. The van der Waals surface area contributed by atoms with E-state index < -0.39 is 0 Å². The Morgan fingerprint density at radius 3 is 2.88 bits per heavy atom. The van der Waals surface area contributed by atoms with Crippen molar-refractivity contribution in [3.05, 3.63) is 29.3 Å². The SMILES string of the molecule is c1cc(CN2CCCCC2)c2c(c1)NCC2. The van der Waals surface area contributed by atoms with E-state index in [9.17, 15) is 0 Å². The molecule has 16 heavy (non-hydrogen) atoms. The Bertz CT molecular complexity index is 367. The first-order valence-corrected chi connectivity index (χ1v) is 6.50. The van der Waals surface area contributed by atoms with Gasteiger partial charge in [-0.1, -0.05) is 18.6 Å². The molecule has 1 N–H and O–H groups in total. The molecule has 0 atom stereocenters. The maximum Gasteiger partial charge on any atom is 0.0376 e. The lowest BCUT2D eigenvalue weighted by atomic mass is 10.0. The summed E-state index contributed by atoms with van der Waals surface area (Å²) >= 11 is 0. The molecule has 1 saturated heterocycles. The van der Waals surface area contributed by atoms with Gasteiger partial charge in [0.2, 0.25) is 0 Å². The number of nitrogens with zero attached hydrogens (tertiary/aromatic N) is 1. The zero-order valence-electron chi connectivity index (χ0n) is 9.84. The summed E-state index contributed by atoms with van der Waals surface area (Å²) < 4.78 is 0. The Hall–Kier alpha value is -1.02. The molecule has 0 aromatic heterocycles. The van der Waals surface area contributed by atoms with Crippen molar-refractivity contribution in [3.8, 4) is 0 Å². The summed E-state index contributed by atoms with van der Waals surface area (Å²) in [6.07, 6.45) is 5.39. The number of hydrogen-bond acceptors (Lipinski definition) is 2. The summed E-state index contributed by atoms with van der Waals surface area (Å²) in [7, 11) is 0. The second kappa shape index (κ2) is 4.46. The van der Waals surface area contributed by atoms with Gasteiger partial charge in [0.25, 0.3) is 0 Å². The molecule has 86 valence electrons. The molecule has 0 radical (unpaired) electrons. The Balaban J connectivity index is 1.76. The second-order valence-electron chi connectivity index (χ2n) is 4.96. The number of hydrogen-bond donors (Lipinski definition) is 1. The van der Waals surface area contributed by atoms with Gasteiger partial charge in [-0.3, -0.25) is 4.90 Å². The molecule has 2 nitrogen and oxygen atoms in total. The van der Waals surface area contributed by atoms with Gasteiger partial charge in [-0.15, -0.1) is 0 Å². The predicted octanol–water partition coefficient (Wildman–Crippen LogP) is 2.64. The number of piperidine rings is 1. The van der Waals surface area contributed by atoms with Crippen LogP contribution in [0, 0.1) is 0 Å². The van der Waals surface area contributed by atoms with Gasteiger partial charge >= 0.3 is 0 Å². The molecular formula is C14H20N2. The number of anilines is 1. The van der Waals surface area contributed by atoms with Crippen LogP contribution in [-0.2, 0) is 13.0 Å². The van der Waals surface area contributed by atoms with Gasteiger partial charge in [0.05, 0.1) is 0 Å². The minimum absolute atomic E-state index is 1.12. The van der Waals surface area contributed by atoms with Gasteiger partial charge < -0.3 is 5.32 Å². The lowest BCUT2D eigenvalue weighted by molar-refractivity contribution is 0.220. The Labute approximate surface area is 97.6 Å². The standard InChI is InChI=1S/C14H20N2/c1-2-9-16(10-3-1)11-12-5-4-6-14-13(12)7-8-15-14/h4-6,15H,1-3,7-11H2. The fraction of sp³-hybridized carbons (Fsp3) is 0.571. The van der Waals surface area contributed by atoms with E-state index in [4.69, 9.17) is 0 Å². The summed E-state index contributed by atoms with van der Waals surface area (Å²) in [5, 5.41) is 3.46. The molecule has 3 rings (SSSR count). The molecule has 2 heteroatoms. The normalized spacial score (nSPS) is 20.5. The molecule has 0 spiro atoms. The minimum Gasteiger partial charge on any atom is -0.384 e. The summed E-state index contributed by atoms with van der Waals surface area (Å²) in [4.78, 5) is 2.61. The zero-order chi connectivity index (χ0) is 10.8. The molecule has 0 saturated carbocycles. The Kier molecular flexibility index (Phi) is 2.83. The van der Waals surface area contributed by atoms with E-state index in [1.807, 2.05) is 0 Å². The average Bonchev–Trinajstić information content (AvgIpc) is 2.80. The highest BCUT2D eigenvalue weighted by molar-refractivity contribution is 5.58. The van der Waals surface area contributed by atoms with E-state index >= 15 is 0 Å². The first-order valence-electron chi connectivity index (χ1n) is 6.50. The van der Waals surface area contributed by atoms with Crippen molar-refractivity contribution in [1.82, 2.24) is 4.90 Å². The van der Waals surface area contributed by atoms with E-state index in [2.05, 4.69) is 28.4 Å². The van der Waals surface area contributed by atoms with Crippen LogP contribution in [0.1, 0.15) is 30.4 Å². The number of benzene rings is 1. The van der Waals surface area contributed by atoms with Gasteiger partial charge in [-0.05, 0) is 49.5 Å². The minimum atomic E-state index is 1.12. The molecule has 1 aromatic rings. The van der Waals surface area contributed by atoms with E-state index in [1.54, 1.807) is 11.1 Å². The van der Waals surface area contributed by atoms with Crippen LogP contribution in [0.15, 0.2) is 18.2 Å². The summed E-state index contributed by atoms with van der Waals surface area (Å²) in [5.74, 6) is 0. The average molecular weight is 216 g/mol. The van der Waals surface area contributed by atoms with Crippen LogP contribution in [0.5, 0.6) is 0 Å². The van der Waals surface area contributed by atoms with Gasteiger partial charge in [0.15, 0.2) is 0 Å². The molecule has 0 aliphatic carbocycles. The highest BCUT2D eigenvalue weighted by atomic mass is 15.1. The van der Waals surface area contributed by atoms with Crippen molar-refractivity contribution >= 4 is 5.69 Å². The first kappa shape index (κ1) is 10.2. The van der Waals surface area contributed by atoms with Gasteiger partial charge in [0.1, 0.15) is 0 Å². The molecule has 1 aromatic carbocycles. The number of nitrogens with one attached hydrogen (secondary N) is 1. The van der Waals surface area contributed by atoms with E-state index in [0.29, 0.717) is 0 Å². The van der Waals surface area contributed by atoms with Crippen LogP contribution in [-0.4, -0.2) is 24.5 Å². The topological polar surface area (TPSA) is 15.3 Å². The summed E-state index contributed by atoms with van der Waals surface area (Å²) in [6.45, 7) is 4.85. The highest BCUT2D eigenvalue weighted by Gasteiger charge is 2.16. The van der Waals surface area contributed by atoms with Gasteiger partial charge in [-0.2, -0.15) is 0 Å². The Morgan fingerprint density at radius 1 is 1.12 bits per heavy atom. The maximum atomic E-state index is 3.46. The van der Waals surface area contributed by atoms with E-state index in [-0.39, 0.29) is 0 Å². The number of fused-ring (bicyclic) bond motifs is 1. The van der Waals surface area contributed by atoms with Crippen molar-refractivity contribution in [2.24, 2.45) is 0 Å². The monoisotopic (exact) mass is 216 g/mol. The van der Waals surface area contributed by atoms with Crippen LogP contribution in [0.4, 0.5) is 5.69 Å². The van der Waals surface area contributed by atoms with E-state index in [0.717, 1.165) is 13.1 Å². The van der Waals surface area contributed by atoms with Crippen LogP contribution in [0.3, 0.4) is 0 Å². The second-order valence-corrected chi connectivity index (χ2v) is 4.96. The molecule has 2 aliphatic heterocycles. The number of likely N-dealkylation sites (tertiary alicyclic amines) is 1. The molecule has 1 fully saturated rings. The zero-order valence-corrected chi connectivity index (χ0v) is 9.84. The van der Waals surface area contributed by atoms with Gasteiger partial charge in [-0.25, -0.2) is 0 Å². The summed E-state index contributed by atoms with van der Waals surface area (Å²) in [6, 6.07) is 6.71. The highest BCUT2D eigenvalue weighted by Crippen LogP contribution is 2.26. The van der Waals surface area contributed by atoms with Crippen LogP contribution in [0.2, 0.25) is 0 Å². The van der Waals surface area contributed by atoms with Crippen LogP contribution in [0.25, 0.3) is 0 Å². The largest absolute Gasteiger partial charge is 0.384 e. The predicted molar refractivity (Wildman–Crippen MR) is 67.8 cm³/mol. The van der Waals surface area contributed by atoms with Crippen molar-refractivity contribution in [1.29, 1.82) is 0 Å². The van der Waals surface area contributed by atoms with Crippen molar-refractivity contribution < 1.29 is 0 Å². The molecule has 0 bridgehead atoms. The van der Waals surface area contributed by atoms with Crippen LogP contribution < -0.4 is 5.32 Å². The Morgan fingerprint density at radius 2 is 2.00 bits per heavy atom. The van der Waals surface area contributed by atoms with E-state index in [1.165, 1.54) is 44.5 Å². The smallest absolute Gasteiger partial charge is 0.0376 e. The lowest BCUT2D eigenvalue weighted by Crippen LogP contribution is -2.29. The van der Waals surface area contributed by atoms with Crippen LogP contribution >= 0.6 is 0 Å². The molecule has 2 aliphatic rings. The molecule has 0 amide bonds. The molecular weight excluding hydrogens is 196 g/mol. The summed E-state index contributed by atoms with van der Waals surface area (Å²) in [5.41, 5.74) is 4.48. The van der Waals surface area contributed by atoms with Gasteiger partial charge in [0, 0.05) is 18.8 Å². The third-order valence-electron chi connectivity index (χ3n) is 3.81. The first-order chi connectivity index (χ1) is 7.93. The third kappa shape index (κ3) is 1.94.